The first kappa shape index (κ1) is 12.5. The molecule has 1 fully saturated rings. The molecule has 1 aliphatic rings. The van der Waals surface area contributed by atoms with Crippen LogP contribution in [0.2, 0.25) is 0 Å². The maximum Gasteiger partial charge on any atom is 0.200 e. The fourth-order valence-corrected chi connectivity index (χ4v) is 1.76. The summed E-state index contributed by atoms with van der Waals surface area (Å²) < 4.78 is 0. The number of hydrazone groups is 1. The predicted octanol–water partition coefficient (Wildman–Crippen LogP) is 0.385. The molecule has 6 heteroatoms. The molecule has 0 spiro atoms. The maximum absolute atomic E-state index is 9.36. The average molecular weight is 251 g/mol. The van der Waals surface area contributed by atoms with E-state index in [1.54, 1.807) is 6.21 Å². The minimum atomic E-state index is -0.508. The van der Waals surface area contributed by atoms with Crippen LogP contribution in [-0.2, 0) is 0 Å². The monoisotopic (exact) mass is 251 g/mol. The third-order valence-electron chi connectivity index (χ3n) is 2.94. The minimum absolute atomic E-state index is 0.352. The highest BCUT2D eigenvalue weighted by Gasteiger charge is 2.11. The second-order valence-electron chi connectivity index (χ2n) is 4.41. The summed E-state index contributed by atoms with van der Waals surface area (Å²) in [4.78, 5) is 2.23. The molecule has 1 saturated heterocycles. The quantitative estimate of drug-likeness (QED) is 0.523. The van der Waals surface area contributed by atoms with Crippen molar-refractivity contribution in [3.05, 3.63) is 17.7 Å². The van der Waals surface area contributed by atoms with Gasteiger partial charge in [-0.2, -0.15) is 5.10 Å². The van der Waals surface area contributed by atoms with Crippen molar-refractivity contribution < 1.29 is 15.3 Å². The molecule has 1 aliphatic heterocycles. The SMILES string of the molecule is CN1CCN(/N=C\c2cc(O)c(O)c(O)c2)CC1. The summed E-state index contributed by atoms with van der Waals surface area (Å²) in [6.45, 7) is 3.62. The van der Waals surface area contributed by atoms with Crippen molar-refractivity contribution in [1.82, 2.24) is 9.91 Å². The fourth-order valence-electron chi connectivity index (χ4n) is 1.76. The van der Waals surface area contributed by atoms with E-state index in [4.69, 9.17) is 0 Å². The Hall–Kier alpha value is -1.95. The summed E-state index contributed by atoms with van der Waals surface area (Å²) in [5, 5.41) is 34.1. The van der Waals surface area contributed by atoms with Crippen LogP contribution >= 0.6 is 0 Å². The first-order valence-corrected chi connectivity index (χ1v) is 5.78. The van der Waals surface area contributed by atoms with Crippen molar-refractivity contribution >= 4 is 6.21 Å². The van der Waals surface area contributed by atoms with E-state index in [1.165, 1.54) is 12.1 Å². The van der Waals surface area contributed by atoms with Crippen molar-refractivity contribution in [2.75, 3.05) is 33.2 Å². The van der Waals surface area contributed by atoms with Gasteiger partial charge in [-0.15, -0.1) is 0 Å². The van der Waals surface area contributed by atoms with E-state index in [0.29, 0.717) is 5.56 Å². The smallest absolute Gasteiger partial charge is 0.200 e. The number of phenolic OH excluding ortho intramolecular Hbond substituents is 3. The number of aromatic hydroxyl groups is 3. The standard InChI is InChI=1S/C12H17N3O3/c1-14-2-4-15(5-3-14)13-8-9-6-10(16)12(18)11(17)7-9/h6-8,16-18H,2-5H2,1H3/b13-8-. The molecule has 6 nitrogen and oxygen atoms in total. The number of likely N-dealkylation sites (N-methyl/N-ethyl adjacent to an activating group) is 1. The Balaban J connectivity index is 2.05. The lowest BCUT2D eigenvalue weighted by Crippen LogP contribution is -2.41. The van der Waals surface area contributed by atoms with E-state index in [0.717, 1.165) is 26.2 Å². The second kappa shape index (κ2) is 5.14. The van der Waals surface area contributed by atoms with E-state index in [9.17, 15) is 15.3 Å². The van der Waals surface area contributed by atoms with Crippen molar-refractivity contribution in [3.8, 4) is 17.2 Å². The lowest BCUT2D eigenvalue weighted by Gasteiger charge is -2.30. The van der Waals surface area contributed by atoms with Gasteiger partial charge in [0.2, 0.25) is 0 Å². The molecule has 2 rings (SSSR count). The van der Waals surface area contributed by atoms with Crippen LogP contribution in [0.5, 0.6) is 17.2 Å². The number of piperazine rings is 1. The number of phenols is 3. The van der Waals surface area contributed by atoms with Gasteiger partial charge in [-0.05, 0) is 19.2 Å². The summed E-state index contributed by atoms with van der Waals surface area (Å²) in [6, 6.07) is 2.71. The van der Waals surface area contributed by atoms with Crippen LogP contribution in [0.15, 0.2) is 17.2 Å². The molecular weight excluding hydrogens is 234 g/mol. The molecule has 0 atom stereocenters. The molecule has 0 aromatic heterocycles. The lowest BCUT2D eigenvalue weighted by molar-refractivity contribution is 0.159. The van der Waals surface area contributed by atoms with Crippen LogP contribution in [-0.4, -0.2) is 64.7 Å². The van der Waals surface area contributed by atoms with E-state index in [2.05, 4.69) is 17.0 Å². The van der Waals surface area contributed by atoms with Crippen LogP contribution in [0.25, 0.3) is 0 Å². The van der Waals surface area contributed by atoms with Crippen molar-refractivity contribution in [3.63, 3.8) is 0 Å². The third-order valence-corrected chi connectivity index (χ3v) is 2.94. The zero-order valence-corrected chi connectivity index (χ0v) is 10.2. The Morgan fingerprint density at radius 1 is 1.06 bits per heavy atom. The largest absolute Gasteiger partial charge is 0.504 e. The maximum atomic E-state index is 9.36. The van der Waals surface area contributed by atoms with E-state index < -0.39 is 5.75 Å². The Morgan fingerprint density at radius 2 is 1.61 bits per heavy atom. The van der Waals surface area contributed by atoms with Crippen molar-refractivity contribution in [2.45, 2.75) is 0 Å². The Labute approximate surface area is 105 Å². The normalized spacial score (nSPS) is 17.5. The van der Waals surface area contributed by atoms with Crippen molar-refractivity contribution in [2.24, 2.45) is 5.10 Å². The summed E-state index contributed by atoms with van der Waals surface area (Å²) in [7, 11) is 2.07. The molecular formula is C12H17N3O3. The van der Waals surface area contributed by atoms with Gasteiger partial charge in [0, 0.05) is 31.7 Å². The summed E-state index contributed by atoms with van der Waals surface area (Å²) in [5.74, 6) is -1.21. The molecule has 0 radical (unpaired) electrons. The molecule has 0 unspecified atom stereocenters. The highest BCUT2D eigenvalue weighted by molar-refractivity contribution is 5.82. The molecule has 1 aromatic carbocycles. The molecule has 0 saturated carbocycles. The molecule has 1 aromatic rings. The van der Waals surface area contributed by atoms with Gasteiger partial charge < -0.3 is 20.2 Å². The molecule has 3 N–H and O–H groups in total. The van der Waals surface area contributed by atoms with Crippen LogP contribution < -0.4 is 0 Å². The number of hydrogen-bond acceptors (Lipinski definition) is 6. The van der Waals surface area contributed by atoms with Gasteiger partial charge in [0.25, 0.3) is 0 Å². The van der Waals surface area contributed by atoms with E-state index >= 15 is 0 Å². The fraction of sp³-hybridized carbons (Fsp3) is 0.417. The van der Waals surface area contributed by atoms with Crippen LogP contribution in [0.1, 0.15) is 5.56 Å². The Kier molecular flexibility index (Phi) is 3.57. The van der Waals surface area contributed by atoms with Crippen LogP contribution in [0.4, 0.5) is 0 Å². The van der Waals surface area contributed by atoms with Crippen LogP contribution in [0.3, 0.4) is 0 Å². The summed E-state index contributed by atoms with van der Waals surface area (Å²) in [6.07, 6.45) is 1.56. The summed E-state index contributed by atoms with van der Waals surface area (Å²) in [5.41, 5.74) is 0.543. The first-order chi connectivity index (χ1) is 8.56. The summed E-state index contributed by atoms with van der Waals surface area (Å²) >= 11 is 0. The lowest BCUT2D eigenvalue weighted by atomic mass is 10.2. The number of rotatable bonds is 2. The average Bonchev–Trinajstić information content (AvgIpc) is 2.35. The molecule has 98 valence electrons. The van der Waals surface area contributed by atoms with Crippen molar-refractivity contribution in [1.29, 1.82) is 0 Å². The highest BCUT2D eigenvalue weighted by Crippen LogP contribution is 2.34. The van der Waals surface area contributed by atoms with E-state index in [-0.39, 0.29) is 11.5 Å². The molecule has 0 amide bonds. The molecule has 0 aliphatic carbocycles. The van der Waals surface area contributed by atoms with Gasteiger partial charge in [0.15, 0.2) is 17.2 Å². The Morgan fingerprint density at radius 3 is 2.17 bits per heavy atom. The first-order valence-electron chi connectivity index (χ1n) is 5.78. The number of benzene rings is 1. The van der Waals surface area contributed by atoms with Gasteiger partial charge in [-0.3, -0.25) is 5.01 Å². The zero-order chi connectivity index (χ0) is 13.1. The van der Waals surface area contributed by atoms with Crippen LogP contribution in [0, 0.1) is 0 Å². The number of nitrogens with zero attached hydrogens (tertiary/aromatic N) is 3. The van der Waals surface area contributed by atoms with Gasteiger partial charge in [-0.1, -0.05) is 0 Å². The predicted molar refractivity (Wildman–Crippen MR) is 68.1 cm³/mol. The van der Waals surface area contributed by atoms with Gasteiger partial charge in [0.1, 0.15) is 0 Å². The Bertz CT molecular complexity index is 431. The zero-order valence-electron chi connectivity index (χ0n) is 10.2. The molecule has 1 heterocycles. The van der Waals surface area contributed by atoms with Gasteiger partial charge >= 0.3 is 0 Å². The number of hydrogen-bond donors (Lipinski definition) is 3. The molecule has 18 heavy (non-hydrogen) atoms. The van der Waals surface area contributed by atoms with Gasteiger partial charge in [0.05, 0.1) is 6.21 Å². The minimum Gasteiger partial charge on any atom is -0.504 e. The van der Waals surface area contributed by atoms with Gasteiger partial charge in [-0.25, -0.2) is 0 Å². The highest BCUT2D eigenvalue weighted by atomic mass is 16.3. The van der Waals surface area contributed by atoms with E-state index in [1.807, 2.05) is 5.01 Å². The second-order valence-corrected chi connectivity index (χ2v) is 4.41. The third kappa shape index (κ3) is 2.84. The topological polar surface area (TPSA) is 79.5 Å². The molecule has 0 bridgehead atoms.